The average Bonchev–Trinajstić information content (AvgIpc) is 2.52. The zero-order chi connectivity index (χ0) is 17.7. The van der Waals surface area contributed by atoms with Crippen LogP contribution in [0.5, 0.6) is 5.75 Å². The maximum Gasteiger partial charge on any atom is 0.293 e. The van der Waals surface area contributed by atoms with Crippen molar-refractivity contribution in [2.24, 2.45) is 0 Å². The van der Waals surface area contributed by atoms with Gasteiger partial charge in [-0.2, -0.15) is 0 Å². The van der Waals surface area contributed by atoms with Gasteiger partial charge in [0.1, 0.15) is 11.4 Å². The summed E-state index contributed by atoms with van der Waals surface area (Å²) in [5.74, 6) is 0.770. The van der Waals surface area contributed by atoms with Crippen molar-refractivity contribution in [3.05, 3.63) is 57.6 Å². The lowest BCUT2D eigenvalue weighted by atomic mass is 10.1. The number of thiocarbonyl (C=S) groups is 1. The maximum absolute atomic E-state index is 11.2. The number of aryl methyl sites for hydroxylation is 2. The van der Waals surface area contributed by atoms with Crippen LogP contribution >= 0.6 is 12.2 Å². The fourth-order valence-corrected chi connectivity index (χ4v) is 2.37. The number of nitro groups is 1. The van der Waals surface area contributed by atoms with Gasteiger partial charge in [-0.25, -0.2) is 0 Å². The van der Waals surface area contributed by atoms with Gasteiger partial charge in [0.25, 0.3) is 5.69 Å². The van der Waals surface area contributed by atoms with Crippen LogP contribution in [0.4, 0.5) is 17.1 Å². The molecule has 0 bridgehead atoms. The Labute approximate surface area is 146 Å². The normalized spacial score (nSPS) is 10.1. The summed E-state index contributed by atoms with van der Waals surface area (Å²) in [5.41, 5.74) is 2.94. The highest BCUT2D eigenvalue weighted by Crippen LogP contribution is 2.28. The van der Waals surface area contributed by atoms with Gasteiger partial charge in [-0.15, -0.1) is 0 Å². The first-order valence-corrected chi connectivity index (χ1v) is 7.88. The predicted molar refractivity (Wildman–Crippen MR) is 100 cm³/mol. The van der Waals surface area contributed by atoms with Gasteiger partial charge in [0.05, 0.1) is 11.5 Å². The second-order valence-corrected chi connectivity index (χ2v) is 5.66. The van der Waals surface area contributed by atoms with E-state index in [1.165, 1.54) is 6.07 Å². The van der Waals surface area contributed by atoms with Gasteiger partial charge in [0, 0.05) is 11.8 Å². The largest absolute Gasteiger partial charge is 0.494 e. The quantitative estimate of drug-likeness (QED) is 0.475. The molecule has 2 rings (SSSR count). The lowest BCUT2D eigenvalue weighted by molar-refractivity contribution is -0.384. The number of rotatable bonds is 5. The molecule has 24 heavy (non-hydrogen) atoms. The minimum absolute atomic E-state index is 0.00561. The summed E-state index contributed by atoms with van der Waals surface area (Å²) < 4.78 is 5.38. The monoisotopic (exact) mass is 345 g/mol. The summed E-state index contributed by atoms with van der Waals surface area (Å²) in [6, 6.07) is 10.6. The summed E-state index contributed by atoms with van der Waals surface area (Å²) >= 11 is 5.25. The topological polar surface area (TPSA) is 76.4 Å². The van der Waals surface area contributed by atoms with Crippen LogP contribution in [-0.2, 0) is 0 Å². The number of hydrogen-bond acceptors (Lipinski definition) is 4. The fourth-order valence-electron chi connectivity index (χ4n) is 2.14. The van der Waals surface area contributed by atoms with Crippen LogP contribution in [0.3, 0.4) is 0 Å². The molecular formula is C17H19N3O3S. The number of nitrogens with zero attached hydrogens (tertiary/aromatic N) is 1. The molecule has 6 nitrogen and oxygen atoms in total. The first-order chi connectivity index (χ1) is 11.4. The van der Waals surface area contributed by atoms with Crippen LogP contribution in [0.15, 0.2) is 36.4 Å². The minimum atomic E-state index is -0.422. The molecule has 0 radical (unpaired) electrons. The Morgan fingerprint density at radius 1 is 1.17 bits per heavy atom. The van der Waals surface area contributed by atoms with E-state index in [0.717, 1.165) is 22.6 Å². The minimum Gasteiger partial charge on any atom is -0.494 e. The molecule has 0 saturated heterocycles. The van der Waals surface area contributed by atoms with Crippen LogP contribution in [-0.4, -0.2) is 16.6 Å². The average molecular weight is 345 g/mol. The van der Waals surface area contributed by atoms with E-state index in [4.69, 9.17) is 17.0 Å². The standard InChI is InChI=1S/C17H19N3O3S/c1-4-23-14-7-5-13(6-8-14)18-17(24)19-15-9-11(2)12(3)10-16(15)20(21)22/h5-10H,4H2,1-3H3,(H2,18,19,24). The predicted octanol–water partition coefficient (Wildman–Crippen LogP) is 4.42. The van der Waals surface area contributed by atoms with E-state index < -0.39 is 4.92 Å². The van der Waals surface area contributed by atoms with E-state index in [9.17, 15) is 10.1 Å². The van der Waals surface area contributed by atoms with Crippen molar-refractivity contribution in [3.63, 3.8) is 0 Å². The van der Waals surface area contributed by atoms with Gasteiger partial charge in [0.2, 0.25) is 0 Å². The number of benzene rings is 2. The zero-order valence-corrected chi connectivity index (χ0v) is 14.6. The Hall–Kier alpha value is -2.67. The summed E-state index contributed by atoms with van der Waals surface area (Å²) in [6.07, 6.45) is 0. The fraction of sp³-hybridized carbons (Fsp3) is 0.235. The van der Waals surface area contributed by atoms with Gasteiger partial charge >= 0.3 is 0 Å². The smallest absolute Gasteiger partial charge is 0.293 e. The van der Waals surface area contributed by atoms with Crippen molar-refractivity contribution < 1.29 is 9.66 Å². The van der Waals surface area contributed by atoms with Crippen molar-refractivity contribution in [3.8, 4) is 5.75 Å². The second kappa shape index (κ2) is 7.74. The lowest BCUT2D eigenvalue weighted by Gasteiger charge is -2.13. The van der Waals surface area contributed by atoms with Crippen molar-refractivity contribution in [1.29, 1.82) is 0 Å². The van der Waals surface area contributed by atoms with Gasteiger partial charge < -0.3 is 15.4 Å². The first kappa shape index (κ1) is 17.7. The van der Waals surface area contributed by atoms with Crippen LogP contribution in [0.1, 0.15) is 18.1 Å². The van der Waals surface area contributed by atoms with Crippen molar-refractivity contribution in [1.82, 2.24) is 0 Å². The number of anilines is 2. The third-order valence-corrected chi connectivity index (χ3v) is 3.68. The first-order valence-electron chi connectivity index (χ1n) is 7.47. The third-order valence-electron chi connectivity index (χ3n) is 3.48. The molecule has 0 aliphatic rings. The number of nitrogens with one attached hydrogen (secondary N) is 2. The summed E-state index contributed by atoms with van der Waals surface area (Å²) in [4.78, 5) is 10.8. The van der Waals surface area contributed by atoms with E-state index >= 15 is 0 Å². The number of ether oxygens (including phenoxy) is 1. The van der Waals surface area contributed by atoms with Crippen LogP contribution in [0, 0.1) is 24.0 Å². The van der Waals surface area contributed by atoms with Crippen molar-refractivity contribution >= 4 is 34.4 Å². The molecule has 0 aromatic heterocycles. The van der Waals surface area contributed by atoms with E-state index in [0.29, 0.717) is 12.3 Å². The Morgan fingerprint density at radius 2 is 1.79 bits per heavy atom. The SMILES string of the molecule is CCOc1ccc(NC(=S)Nc2cc(C)c(C)cc2[N+](=O)[O-])cc1. The summed E-state index contributed by atoms with van der Waals surface area (Å²) in [6.45, 7) is 6.25. The molecule has 126 valence electrons. The molecule has 0 aliphatic carbocycles. The Balaban J connectivity index is 2.12. The van der Waals surface area contributed by atoms with E-state index in [-0.39, 0.29) is 10.8 Å². The molecule has 0 heterocycles. The molecule has 0 spiro atoms. The molecule has 0 unspecified atom stereocenters. The molecule has 7 heteroatoms. The van der Waals surface area contributed by atoms with Crippen molar-refractivity contribution in [2.75, 3.05) is 17.2 Å². The molecule has 0 fully saturated rings. The highest BCUT2D eigenvalue weighted by Gasteiger charge is 2.16. The molecule has 0 aliphatic heterocycles. The van der Waals surface area contributed by atoms with Gasteiger partial charge in [-0.1, -0.05) is 0 Å². The highest BCUT2D eigenvalue weighted by atomic mass is 32.1. The van der Waals surface area contributed by atoms with Crippen LogP contribution < -0.4 is 15.4 Å². The van der Waals surface area contributed by atoms with Crippen molar-refractivity contribution in [2.45, 2.75) is 20.8 Å². The molecule has 0 atom stereocenters. The van der Waals surface area contributed by atoms with E-state index in [1.807, 2.05) is 45.0 Å². The molecule has 2 aromatic rings. The molecule has 2 N–H and O–H groups in total. The summed E-state index contributed by atoms with van der Waals surface area (Å²) in [7, 11) is 0. The van der Waals surface area contributed by atoms with E-state index in [2.05, 4.69) is 10.6 Å². The Bertz CT molecular complexity index is 760. The maximum atomic E-state index is 11.2. The lowest BCUT2D eigenvalue weighted by Crippen LogP contribution is -2.20. The van der Waals surface area contributed by atoms with E-state index in [1.54, 1.807) is 6.07 Å². The molecular weight excluding hydrogens is 326 g/mol. The number of nitro benzene ring substituents is 1. The third kappa shape index (κ3) is 4.42. The number of hydrogen-bond donors (Lipinski definition) is 2. The van der Waals surface area contributed by atoms with Gasteiger partial charge in [0.15, 0.2) is 5.11 Å². The Kier molecular flexibility index (Phi) is 5.70. The molecule has 0 amide bonds. The summed E-state index contributed by atoms with van der Waals surface area (Å²) in [5, 5.41) is 17.4. The van der Waals surface area contributed by atoms with Crippen LogP contribution in [0.2, 0.25) is 0 Å². The highest BCUT2D eigenvalue weighted by molar-refractivity contribution is 7.80. The van der Waals surface area contributed by atoms with Crippen LogP contribution in [0.25, 0.3) is 0 Å². The Morgan fingerprint density at radius 3 is 2.38 bits per heavy atom. The zero-order valence-electron chi connectivity index (χ0n) is 13.8. The molecule has 0 saturated carbocycles. The molecule has 2 aromatic carbocycles. The van der Waals surface area contributed by atoms with Gasteiger partial charge in [-0.3, -0.25) is 10.1 Å². The van der Waals surface area contributed by atoms with Gasteiger partial charge in [-0.05, 0) is 74.4 Å². The second-order valence-electron chi connectivity index (χ2n) is 5.25.